The van der Waals surface area contributed by atoms with Crippen LogP contribution in [0.1, 0.15) is 55.7 Å². The van der Waals surface area contributed by atoms with Crippen LogP contribution in [0.4, 0.5) is 4.79 Å². The molecule has 0 spiro atoms. The first-order chi connectivity index (χ1) is 13.3. The Morgan fingerprint density at radius 2 is 1.75 bits per heavy atom. The van der Waals surface area contributed by atoms with Crippen molar-refractivity contribution in [2.75, 3.05) is 13.1 Å². The fraction of sp³-hybridized carbons (Fsp3) is 0.455. The molecule has 1 saturated heterocycles. The molecule has 0 atom stereocenters. The molecule has 0 saturated carbocycles. The van der Waals surface area contributed by atoms with Gasteiger partial charge in [-0.2, -0.15) is 0 Å². The van der Waals surface area contributed by atoms with Crippen LogP contribution < -0.4 is 5.32 Å². The molecule has 150 valence electrons. The summed E-state index contributed by atoms with van der Waals surface area (Å²) < 4.78 is 7.49. The molecule has 1 aromatic heterocycles. The van der Waals surface area contributed by atoms with Crippen LogP contribution in [-0.4, -0.2) is 40.2 Å². The number of nitrogens with zero attached hydrogens (tertiary/aromatic N) is 2. The van der Waals surface area contributed by atoms with Crippen molar-refractivity contribution < 1.29 is 14.3 Å². The Balaban J connectivity index is 1.57. The summed E-state index contributed by atoms with van der Waals surface area (Å²) in [7, 11) is 0. The van der Waals surface area contributed by atoms with Gasteiger partial charge in [0, 0.05) is 31.9 Å². The summed E-state index contributed by atoms with van der Waals surface area (Å²) >= 11 is 0. The monoisotopic (exact) mass is 383 g/mol. The summed E-state index contributed by atoms with van der Waals surface area (Å²) in [5, 5.41) is 2.99. The van der Waals surface area contributed by atoms with Crippen LogP contribution in [0, 0.1) is 0 Å². The van der Waals surface area contributed by atoms with E-state index in [9.17, 15) is 9.59 Å². The number of likely N-dealkylation sites (tertiary alicyclic amines) is 1. The van der Waals surface area contributed by atoms with Crippen molar-refractivity contribution >= 4 is 12.0 Å². The van der Waals surface area contributed by atoms with Crippen molar-refractivity contribution in [1.29, 1.82) is 0 Å². The van der Waals surface area contributed by atoms with E-state index in [-0.39, 0.29) is 18.0 Å². The van der Waals surface area contributed by atoms with E-state index in [0.717, 1.165) is 18.4 Å². The number of benzene rings is 1. The maximum atomic E-state index is 12.7. The first kappa shape index (κ1) is 20.0. The van der Waals surface area contributed by atoms with Gasteiger partial charge in [-0.1, -0.05) is 30.3 Å². The lowest BCUT2D eigenvalue weighted by molar-refractivity contribution is 0.0187. The first-order valence-electron chi connectivity index (χ1n) is 9.80. The number of rotatable bonds is 4. The predicted molar refractivity (Wildman–Crippen MR) is 108 cm³/mol. The lowest BCUT2D eigenvalue weighted by Gasteiger charge is -2.34. The molecule has 2 heterocycles. The summed E-state index contributed by atoms with van der Waals surface area (Å²) in [5.74, 6) is -0.0802. The Hall–Kier alpha value is -2.76. The standard InChI is InChI=1S/C22H29N3O3/c1-22(2,3)28-21(27)24-14-11-18(12-15-24)25-13-7-10-19(25)20(26)23-16-17-8-5-4-6-9-17/h4-10,13,18H,11-12,14-16H2,1-3H3,(H,23,26). The molecule has 28 heavy (non-hydrogen) atoms. The first-order valence-corrected chi connectivity index (χ1v) is 9.80. The number of hydrogen-bond donors (Lipinski definition) is 1. The molecule has 1 aliphatic heterocycles. The summed E-state index contributed by atoms with van der Waals surface area (Å²) in [4.78, 5) is 26.6. The molecule has 0 radical (unpaired) electrons. The molecule has 2 aromatic rings. The third kappa shape index (κ3) is 5.15. The number of nitrogens with one attached hydrogen (secondary N) is 1. The second-order valence-corrected chi connectivity index (χ2v) is 8.17. The molecular weight excluding hydrogens is 354 g/mol. The smallest absolute Gasteiger partial charge is 0.410 e. The third-order valence-electron chi connectivity index (χ3n) is 4.82. The van der Waals surface area contributed by atoms with Gasteiger partial charge in [-0.05, 0) is 51.3 Å². The zero-order valence-electron chi connectivity index (χ0n) is 16.9. The fourth-order valence-corrected chi connectivity index (χ4v) is 3.43. The SMILES string of the molecule is CC(C)(C)OC(=O)N1CCC(n2cccc2C(=O)NCc2ccccc2)CC1. The van der Waals surface area contributed by atoms with Gasteiger partial charge in [0.15, 0.2) is 0 Å². The number of carbonyl (C=O) groups is 2. The number of carbonyl (C=O) groups excluding carboxylic acids is 2. The van der Waals surface area contributed by atoms with Crippen LogP contribution in [0.5, 0.6) is 0 Å². The molecule has 2 amide bonds. The van der Waals surface area contributed by atoms with Gasteiger partial charge in [0.25, 0.3) is 5.91 Å². The van der Waals surface area contributed by atoms with E-state index >= 15 is 0 Å². The molecule has 6 nitrogen and oxygen atoms in total. The topological polar surface area (TPSA) is 63.6 Å². The van der Waals surface area contributed by atoms with E-state index in [1.165, 1.54) is 0 Å². The molecule has 0 unspecified atom stereocenters. The summed E-state index contributed by atoms with van der Waals surface area (Å²) in [6.45, 7) is 7.38. The van der Waals surface area contributed by atoms with Gasteiger partial charge in [-0.3, -0.25) is 4.79 Å². The van der Waals surface area contributed by atoms with E-state index in [2.05, 4.69) is 5.32 Å². The fourth-order valence-electron chi connectivity index (χ4n) is 3.43. The highest BCUT2D eigenvalue weighted by molar-refractivity contribution is 5.92. The summed E-state index contributed by atoms with van der Waals surface area (Å²) in [6.07, 6.45) is 3.28. The van der Waals surface area contributed by atoms with Crippen LogP contribution in [0.3, 0.4) is 0 Å². The van der Waals surface area contributed by atoms with Crippen LogP contribution in [0.2, 0.25) is 0 Å². The average molecular weight is 383 g/mol. The van der Waals surface area contributed by atoms with Gasteiger partial charge in [0.1, 0.15) is 11.3 Å². The van der Waals surface area contributed by atoms with Crippen molar-refractivity contribution in [3.8, 4) is 0 Å². The highest BCUT2D eigenvalue weighted by Crippen LogP contribution is 2.25. The number of amides is 2. The van der Waals surface area contributed by atoms with Gasteiger partial charge in [-0.25, -0.2) is 4.79 Å². The lowest BCUT2D eigenvalue weighted by atomic mass is 10.0. The minimum Gasteiger partial charge on any atom is -0.444 e. The second-order valence-electron chi connectivity index (χ2n) is 8.17. The van der Waals surface area contributed by atoms with Gasteiger partial charge >= 0.3 is 6.09 Å². The van der Waals surface area contributed by atoms with Gasteiger partial charge in [-0.15, -0.1) is 0 Å². The van der Waals surface area contributed by atoms with E-state index in [1.54, 1.807) is 4.90 Å². The molecule has 1 aromatic carbocycles. The zero-order valence-corrected chi connectivity index (χ0v) is 16.9. The molecular formula is C22H29N3O3. The highest BCUT2D eigenvalue weighted by atomic mass is 16.6. The summed E-state index contributed by atoms with van der Waals surface area (Å²) in [6, 6.07) is 13.8. The number of piperidine rings is 1. The Morgan fingerprint density at radius 3 is 2.39 bits per heavy atom. The van der Waals surface area contributed by atoms with Crippen molar-refractivity contribution in [1.82, 2.24) is 14.8 Å². The maximum Gasteiger partial charge on any atom is 0.410 e. The number of hydrogen-bond acceptors (Lipinski definition) is 3. The molecule has 0 bridgehead atoms. The van der Waals surface area contributed by atoms with Crippen molar-refractivity contribution in [3.05, 3.63) is 59.9 Å². The van der Waals surface area contributed by atoms with Crippen LogP contribution in [0.15, 0.2) is 48.7 Å². The van der Waals surface area contributed by atoms with E-state index in [0.29, 0.717) is 25.3 Å². The molecule has 3 rings (SSSR count). The minimum absolute atomic E-state index is 0.0802. The van der Waals surface area contributed by atoms with Crippen LogP contribution in [0.25, 0.3) is 0 Å². The van der Waals surface area contributed by atoms with Gasteiger partial charge in [0.05, 0.1) is 0 Å². The normalized spacial score (nSPS) is 15.3. The Bertz CT molecular complexity index is 800. The Kier molecular flexibility index (Phi) is 6.07. The van der Waals surface area contributed by atoms with Crippen molar-refractivity contribution in [3.63, 3.8) is 0 Å². The van der Waals surface area contributed by atoms with E-state index in [1.807, 2.05) is 74.0 Å². The second kappa shape index (κ2) is 8.50. The highest BCUT2D eigenvalue weighted by Gasteiger charge is 2.28. The Labute approximate surface area is 166 Å². The number of aromatic nitrogens is 1. The van der Waals surface area contributed by atoms with E-state index in [4.69, 9.17) is 4.74 Å². The molecule has 0 aliphatic carbocycles. The van der Waals surface area contributed by atoms with Crippen LogP contribution in [-0.2, 0) is 11.3 Å². The molecule has 1 aliphatic rings. The van der Waals surface area contributed by atoms with Gasteiger partial charge < -0.3 is 19.5 Å². The zero-order chi connectivity index (χ0) is 20.1. The third-order valence-corrected chi connectivity index (χ3v) is 4.82. The van der Waals surface area contributed by atoms with Crippen molar-refractivity contribution in [2.24, 2.45) is 0 Å². The largest absolute Gasteiger partial charge is 0.444 e. The van der Waals surface area contributed by atoms with Crippen molar-refractivity contribution in [2.45, 2.75) is 51.8 Å². The minimum atomic E-state index is -0.488. The Morgan fingerprint density at radius 1 is 1.07 bits per heavy atom. The average Bonchev–Trinajstić information content (AvgIpc) is 3.15. The quantitative estimate of drug-likeness (QED) is 0.868. The predicted octanol–water partition coefficient (Wildman–Crippen LogP) is 3.99. The maximum absolute atomic E-state index is 12.7. The number of ether oxygens (including phenoxy) is 1. The lowest BCUT2D eigenvalue weighted by Crippen LogP contribution is -2.42. The van der Waals surface area contributed by atoms with Gasteiger partial charge in [0.2, 0.25) is 0 Å². The summed E-state index contributed by atoms with van der Waals surface area (Å²) in [5.41, 5.74) is 1.24. The van der Waals surface area contributed by atoms with E-state index < -0.39 is 5.60 Å². The molecule has 1 N–H and O–H groups in total. The molecule has 6 heteroatoms. The van der Waals surface area contributed by atoms with Crippen LogP contribution >= 0.6 is 0 Å². The molecule has 1 fully saturated rings.